The lowest BCUT2D eigenvalue weighted by atomic mass is 9.96. The topological polar surface area (TPSA) is 55.6 Å². The third kappa shape index (κ3) is 2.00. The second kappa shape index (κ2) is 4.16. The highest BCUT2D eigenvalue weighted by Crippen LogP contribution is 2.25. The zero-order valence-electron chi connectivity index (χ0n) is 9.85. The molecule has 0 unspecified atom stereocenters. The van der Waals surface area contributed by atoms with Crippen molar-refractivity contribution >= 4 is 11.6 Å². The van der Waals surface area contributed by atoms with Gasteiger partial charge in [-0.05, 0) is 25.7 Å². The van der Waals surface area contributed by atoms with E-state index in [0.717, 1.165) is 24.5 Å². The van der Waals surface area contributed by atoms with E-state index in [1.807, 2.05) is 19.3 Å². The third-order valence-corrected chi connectivity index (χ3v) is 3.09. The molecule has 0 atom stereocenters. The second-order valence-corrected chi connectivity index (χ2v) is 4.35. The van der Waals surface area contributed by atoms with Crippen molar-refractivity contribution in [2.45, 2.75) is 25.7 Å². The monoisotopic (exact) mass is 229 g/mol. The summed E-state index contributed by atoms with van der Waals surface area (Å²) in [6.07, 6.45) is 8.12. The molecule has 1 N–H and O–H groups in total. The third-order valence-electron chi connectivity index (χ3n) is 3.09. The summed E-state index contributed by atoms with van der Waals surface area (Å²) in [6.45, 7) is 0. The fourth-order valence-electron chi connectivity index (χ4n) is 2.23. The molecule has 17 heavy (non-hydrogen) atoms. The summed E-state index contributed by atoms with van der Waals surface area (Å²) in [6, 6.07) is 1.94. The Morgan fingerprint density at radius 1 is 1.24 bits per heavy atom. The van der Waals surface area contributed by atoms with Gasteiger partial charge in [-0.2, -0.15) is 5.10 Å². The number of aromatic nitrogens is 4. The van der Waals surface area contributed by atoms with E-state index in [9.17, 15) is 0 Å². The average molecular weight is 229 g/mol. The minimum Gasteiger partial charge on any atom is -0.323 e. The van der Waals surface area contributed by atoms with Crippen LogP contribution in [-0.4, -0.2) is 19.7 Å². The minimum atomic E-state index is 0.832. The van der Waals surface area contributed by atoms with Gasteiger partial charge in [0.1, 0.15) is 12.1 Å². The summed E-state index contributed by atoms with van der Waals surface area (Å²) in [4.78, 5) is 8.68. The van der Waals surface area contributed by atoms with E-state index in [-0.39, 0.29) is 0 Å². The Bertz CT molecular complexity index is 531. The minimum absolute atomic E-state index is 0.832. The van der Waals surface area contributed by atoms with Gasteiger partial charge in [-0.1, -0.05) is 0 Å². The van der Waals surface area contributed by atoms with Crippen molar-refractivity contribution < 1.29 is 0 Å². The Balaban J connectivity index is 1.92. The van der Waals surface area contributed by atoms with Crippen LogP contribution in [0.3, 0.4) is 0 Å². The number of nitrogens with one attached hydrogen (secondary N) is 1. The quantitative estimate of drug-likeness (QED) is 0.853. The van der Waals surface area contributed by atoms with E-state index >= 15 is 0 Å². The number of fused-ring (bicyclic) bond motifs is 1. The van der Waals surface area contributed by atoms with Gasteiger partial charge >= 0.3 is 0 Å². The highest BCUT2D eigenvalue weighted by atomic mass is 15.3. The first kappa shape index (κ1) is 10.3. The van der Waals surface area contributed by atoms with Gasteiger partial charge in [0.05, 0.1) is 0 Å². The largest absolute Gasteiger partial charge is 0.323 e. The molecular weight excluding hydrogens is 214 g/mol. The molecule has 2 aromatic rings. The summed E-state index contributed by atoms with van der Waals surface area (Å²) in [5.74, 6) is 1.74. The van der Waals surface area contributed by atoms with Crippen LogP contribution in [0.2, 0.25) is 0 Å². The molecule has 0 aliphatic heterocycles. The zero-order valence-corrected chi connectivity index (χ0v) is 9.85. The second-order valence-electron chi connectivity index (χ2n) is 4.35. The van der Waals surface area contributed by atoms with Gasteiger partial charge in [0, 0.05) is 30.6 Å². The van der Waals surface area contributed by atoms with Crippen LogP contribution in [0.25, 0.3) is 0 Å². The maximum Gasteiger partial charge on any atom is 0.153 e. The number of nitrogens with zero attached hydrogens (tertiary/aromatic N) is 4. The van der Waals surface area contributed by atoms with E-state index < -0.39 is 0 Å². The van der Waals surface area contributed by atoms with Crippen LogP contribution in [-0.2, 0) is 19.9 Å². The van der Waals surface area contributed by atoms with Gasteiger partial charge in [-0.15, -0.1) is 0 Å². The molecule has 1 aliphatic carbocycles. The molecule has 0 bridgehead atoms. The van der Waals surface area contributed by atoms with E-state index in [1.54, 1.807) is 11.0 Å². The lowest BCUT2D eigenvalue weighted by molar-refractivity contribution is 0.664. The SMILES string of the molecule is Cn1ccc(Nc2ncnc3c2CCCC3)n1. The summed E-state index contributed by atoms with van der Waals surface area (Å²) in [5, 5.41) is 7.57. The molecule has 0 saturated heterocycles. The molecule has 0 spiro atoms. The van der Waals surface area contributed by atoms with Crippen LogP contribution < -0.4 is 5.32 Å². The van der Waals surface area contributed by atoms with Crippen LogP contribution in [0, 0.1) is 0 Å². The van der Waals surface area contributed by atoms with E-state index in [2.05, 4.69) is 20.4 Å². The number of hydrogen-bond acceptors (Lipinski definition) is 4. The predicted molar refractivity (Wildman–Crippen MR) is 65.2 cm³/mol. The molecule has 3 rings (SSSR count). The summed E-state index contributed by atoms with van der Waals surface area (Å²) >= 11 is 0. The summed E-state index contributed by atoms with van der Waals surface area (Å²) in [5.41, 5.74) is 2.44. The lowest BCUT2D eigenvalue weighted by Gasteiger charge is -2.17. The summed E-state index contributed by atoms with van der Waals surface area (Å²) in [7, 11) is 1.90. The standard InChI is InChI=1S/C12H15N5/c1-17-7-6-11(16-17)15-12-9-4-2-3-5-10(9)13-8-14-12/h6-8H,2-5H2,1H3,(H,13,14,15,16). The zero-order chi connectivity index (χ0) is 11.7. The molecule has 88 valence electrons. The molecule has 2 heterocycles. The highest BCUT2D eigenvalue weighted by Gasteiger charge is 2.15. The van der Waals surface area contributed by atoms with Crippen molar-refractivity contribution in [2.75, 3.05) is 5.32 Å². The average Bonchev–Trinajstić information content (AvgIpc) is 2.75. The van der Waals surface area contributed by atoms with Crippen LogP contribution in [0.1, 0.15) is 24.1 Å². The van der Waals surface area contributed by atoms with Crippen molar-refractivity contribution in [1.29, 1.82) is 0 Å². The highest BCUT2D eigenvalue weighted by molar-refractivity contribution is 5.56. The molecule has 0 amide bonds. The molecule has 0 saturated carbocycles. The van der Waals surface area contributed by atoms with Crippen LogP contribution in [0.5, 0.6) is 0 Å². The number of hydrogen-bond donors (Lipinski definition) is 1. The Labute approximate surface area is 99.9 Å². The smallest absolute Gasteiger partial charge is 0.153 e. The molecule has 5 nitrogen and oxygen atoms in total. The van der Waals surface area contributed by atoms with Gasteiger partial charge in [0.15, 0.2) is 5.82 Å². The van der Waals surface area contributed by atoms with Crippen molar-refractivity contribution in [2.24, 2.45) is 7.05 Å². The predicted octanol–water partition coefficient (Wildman–Crippen LogP) is 1.83. The number of aryl methyl sites for hydroxylation is 2. The first-order valence-corrected chi connectivity index (χ1v) is 5.92. The van der Waals surface area contributed by atoms with Crippen LogP contribution in [0.4, 0.5) is 11.6 Å². The molecule has 0 aromatic carbocycles. The fraction of sp³-hybridized carbons (Fsp3) is 0.417. The molecule has 2 aromatic heterocycles. The molecule has 0 radical (unpaired) electrons. The molecule has 5 heteroatoms. The molecule has 1 aliphatic rings. The lowest BCUT2D eigenvalue weighted by Crippen LogP contribution is -2.10. The van der Waals surface area contributed by atoms with Crippen molar-refractivity contribution in [3.8, 4) is 0 Å². The maximum absolute atomic E-state index is 4.35. The first-order chi connectivity index (χ1) is 8.33. The number of rotatable bonds is 2. The molecular formula is C12H15N5. The van der Waals surface area contributed by atoms with E-state index in [4.69, 9.17) is 0 Å². The van der Waals surface area contributed by atoms with Gasteiger partial charge in [-0.3, -0.25) is 4.68 Å². The number of anilines is 2. The van der Waals surface area contributed by atoms with Gasteiger partial charge in [-0.25, -0.2) is 9.97 Å². The molecule has 0 fully saturated rings. The summed E-state index contributed by atoms with van der Waals surface area (Å²) < 4.78 is 1.77. The van der Waals surface area contributed by atoms with Crippen LogP contribution >= 0.6 is 0 Å². The Hall–Kier alpha value is -1.91. The first-order valence-electron chi connectivity index (χ1n) is 5.92. The van der Waals surface area contributed by atoms with Crippen molar-refractivity contribution in [1.82, 2.24) is 19.7 Å². The van der Waals surface area contributed by atoms with Gasteiger partial charge in [0.2, 0.25) is 0 Å². The van der Waals surface area contributed by atoms with Gasteiger partial charge in [0.25, 0.3) is 0 Å². The Kier molecular flexibility index (Phi) is 2.51. The van der Waals surface area contributed by atoms with E-state index in [1.165, 1.54) is 24.1 Å². The normalized spacial score (nSPS) is 14.4. The van der Waals surface area contributed by atoms with Crippen molar-refractivity contribution in [3.05, 3.63) is 29.8 Å². The van der Waals surface area contributed by atoms with Crippen molar-refractivity contribution in [3.63, 3.8) is 0 Å². The Morgan fingerprint density at radius 3 is 2.94 bits per heavy atom. The maximum atomic E-state index is 4.35. The van der Waals surface area contributed by atoms with Crippen LogP contribution in [0.15, 0.2) is 18.6 Å². The fourth-order valence-corrected chi connectivity index (χ4v) is 2.23. The van der Waals surface area contributed by atoms with E-state index in [0.29, 0.717) is 0 Å². The Morgan fingerprint density at radius 2 is 2.12 bits per heavy atom. The van der Waals surface area contributed by atoms with Gasteiger partial charge < -0.3 is 5.32 Å².